The molecule has 1 aliphatic heterocycles. The number of aliphatic carboxylic acids is 1. The fraction of sp³-hybridized carbons (Fsp3) is 0.800. The van der Waals surface area contributed by atoms with Gasteiger partial charge < -0.3 is 15.7 Å². The van der Waals surface area contributed by atoms with Crippen molar-refractivity contribution in [3.05, 3.63) is 0 Å². The summed E-state index contributed by atoms with van der Waals surface area (Å²) in [6.07, 6.45) is 0. The normalized spacial score (nSPS) is 23.2. The third kappa shape index (κ3) is 2.68. The van der Waals surface area contributed by atoms with Crippen molar-refractivity contribution in [1.82, 2.24) is 4.90 Å². The van der Waals surface area contributed by atoms with Crippen molar-refractivity contribution in [2.45, 2.75) is 32.9 Å². The van der Waals surface area contributed by atoms with E-state index in [9.17, 15) is 9.59 Å². The van der Waals surface area contributed by atoms with Gasteiger partial charge >= 0.3 is 5.97 Å². The Morgan fingerprint density at radius 3 is 2.50 bits per heavy atom. The van der Waals surface area contributed by atoms with Crippen molar-refractivity contribution in [2.24, 2.45) is 11.1 Å². The van der Waals surface area contributed by atoms with Gasteiger partial charge in [0.2, 0.25) is 5.91 Å². The van der Waals surface area contributed by atoms with Crippen LogP contribution >= 0.6 is 11.8 Å². The maximum absolute atomic E-state index is 12.0. The second-order valence-corrected chi connectivity index (χ2v) is 6.01. The van der Waals surface area contributed by atoms with Crippen LogP contribution in [0, 0.1) is 5.41 Å². The lowest BCUT2D eigenvalue weighted by Crippen LogP contribution is -2.53. The molecular weight excluding hydrogens is 228 g/mol. The summed E-state index contributed by atoms with van der Waals surface area (Å²) >= 11 is 1.44. The number of carbonyl (C=O) groups excluding carboxylic acids is 1. The Bertz CT molecular complexity index is 301. The lowest BCUT2D eigenvalue weighted by Gasteiger charge is -2.31. The first kappa shape index (κ1) is 13.3. The number of nitrogens with zero attached hydrogens (tertiary/aromatic N) is 1. The summed E-state index contributed by atoms with van der Waals surface area (Å²) in [5, 5.41) is 8.97. The highest BCUT2D eigenvalue weighted by molar-refractivity contribution is 7.99. The number of hydrogen-bond acceptors (Lipinski definition) is 4. The van der Waals surface area contributed by atoms with Gasteiger partial charge in [-0.3, -0.25) is 4.79 Å². The predicted octanol–water partition coefficient (Wildman–Crippen LogP) is 0.346. The molecule has 0 bridgehead atoms. The molecule has 2 atom stereocenters. The molecule has 5 nitrogen and oxygen atoms in total. The fourth-order valence-electron chi connectivity index (χ4n) is 1.41. The van der Waals surface area contributed by atoms with Crippen LogP contribution in [0.5, 0.6) is 0 Å². The standard InChI is InChI=1S/C10H18N2O3S/c1-10(2,3)7(11)8(13)12-5-16-4-6(12)9(14)15/h6-7H,4-5,11H2,1-3H3,(H,14,15)/t6-,7+/m0/s1. The number of rotatable bonds is 2. The van der Waals surface area contributed by atoms with Gasteiger partial charge in [0.05, 0.1) is 11.9 Å². The molecule has 1 heterocycles. The van der Waals surface area contributed by atoms with Gasteiger partial charge in [-0.05, 0) is 5.41 Å². The first-order valence-electron chi connectivity index (χ1n) is 5.11. The molecule has 3 N–H and O–H groups in total. The summed E-state index contributed by atoms with van der Waals surface area (Å²) in [5.74, 6) is -0.373. The van der Waals surface area contributed by atoms with Crippen molar-refractivity contribution in [3.63, 3.8) is 0 Å². The molecule has 0 aromatic rings. The Morgan fingerprint density at radius 2 is 2.06 bits per heavy atom. The van der Waals surface area contributed by atoms with Crippen LogP contribution in [0.15, 0.2) is 0 Å². The zero-order valence-electron chi connectivity index (χ0n) is 9.77. The van der Waals surface area contributed by atoms with Crippen LogP contribution in [-0.2, 0) is 9.59 Å². The monoisotopic (exact) mass is 246 g/mol. The van der Waals surface area contributed by atoms with Crippen LogP contribution in [0.25, 0.3) is 0 Å². The third-order valence-electron chi connectivity index (χ3n) is 2.65. The molecule has 0 spiro atoms. The van der Waals surface area contributed by atoms with Gasteiger partial charge in [0, 0.05) is 5.75 Å². The number of carboxylic acids is 1. The van der Waals surface area contributed by atoms with Crippen molar-refractivity contribution in [2.75, 3.05) is 11.6 Å². The summed E-state index contributed by atoms with van der Waals surface area (Å²) < 4.78 is 0. The smallest absolute Gasteiger partial charge is 0.327 e. The Kier molecular flexibility index (Phi) is 3.85. The molecule has 0 radical (unpaired) electrons. The van der Waals surface area contributed by atoms with Crippen molar-refractivity contribution < 1.29 is 14.7 Å². The summed E-state index contributed by atoms with van der Waals surface area (Å²) in [6, 6.07) is -1.39. The summed E-state index contributed by atoms with van der Waals surface area (Å²) in [6.45, 7) is 5.61. The molecule has 16 heavy (non-hydrogen) atoms. The number of nitrogens with two attached hydrogens (primary N) is 1. The minimum Gasteiger partial charge on any atom is -0.480 e. The van der Waals surface area contributed by atoms with Gasteiger partial charge in [0.15, 0.2) is 0 Å². The van der Waals surface area contributed by atoms with E-state index in [0.717, 1.165) is 0 Å². The summed E-state index contributed by atoms with van der Waals surface area (Å²) in [4.78, 5) is 24.3. The maximum Gasteiger partial charge on any atom is 0.327 e. The summed E-state index contributed by atoms with van der Waals surface area (Å²) in [7, 11) is 0. The molecular formula is C10H18N2O3S. The van der Waals surface area contributed by atoms with Crippen LogP contribution in [0.3, 0.4) is 0 Å². The Balaban J connectivity index is 2.77. The van der Waals surface area contributed by atoms with E-state index in [-0.39, 0.29) is 11.3 Å². The Labute approximate surface area is 99.4 Å². The molecule has 1 amide bonds. The van der Waals surface area contributed by atoms with E-state index in [0.29, 0.717) is 11.6 Å². The number of thioether (sulfide) groups is 1. The average molecular weight is 246 g/mol. The van der Waals surface area contributed by atoms with E-state index in [4.69, 9.17) is 10.8 Å². The van der Waals surface area contributed by atoms with Gasteiger partial charge in [0.1, 0.15) is 6.04 Å². The first-order valence-corrected chi connectivity index (χ1v) is 6.27. The van der Waals surface area contributed by atoms with Gasteiger partial charge in [-0.2, -0.15) is 0 Å². The molecule has 1 fully saturated rings. The molecule has 0 aliphatic carbocycles. The number of hydrogen-bond donors (Lipinski definition) is 2. The van der Waals surface area contributed by atoms with Crippen LogP contribution in [0.1, 0.15) is 20.8 Å². The van der Waals surface area contributed by atoms with E-state index in [1.165, 1.54) is 16.7 Å². The first-order chi connectivity index (χ1) is 7.25. The highest BCUT2D eigenvalue weighted by Gasteiger charge is 2.39. The molecule has 0 aromatic heterocycles. The fourth-order valence-corrected chi connectivity index (χ4v) is 2.57. The van der Waals surface area contributed by atoms with E-state index in [1.54, 1.807) is 0 Å². The minimum absolute atomic E-state index is 0.273. The lowest BCUT2D eigenvalue weighted by atomic mass is 9.86. The number of carboxylic acid groups (broad SMARTS) is 1. The molecule has 0 aromatic carbocycles. The zero-order chi connectivity index (χ0) is 12.5. The summed E-state index contributed by atoms with van der Waals surface area (Å²) in [5.41, 5.74) is 5.49. The number of carbonyl (C=O) groups is 2. The second kappa shape index (κ2) is 4.63. The molecule has 0 saturated carbocycles. The SMILES string of the molecule is CC(C)(C)[C@H](N)C(=O)N1CSC[C@H]1C(=O)O. The second-order valence-electron chi connectivity index (χ2n) is 5.01. The van der Waals surface area contributed by atoms with E-state index in [1.807, 2.05) is 20.8 Å². The van der Waals surface area contributed by atoms with Gasteiger partial charge in [0.25, 0.3) is 0 Å². The lowest BCUT2D eigenvalue weighted by molar-refractivity contribution is -0.149. The average Bonchev–Trinajstić information content (AvgIpc) is 2.62. The van der Waals surface area contributed by atoms with Gasteiger partial charge in [-0.1, -0.05) is 20.8 Å². The molecule has 1 saturated heterocycles. The Morgan fingerprint density at radius 1 is 1.50 bits per heavy atom. The largest absolute Gasteiger partial charge is 0.480 e. The molecule has 1 rings (SSSR count). The molecule has 6 heteroatoms. The topological polar surface area (TPSA) is 83.6 Å². The van der Waals surface area contributed by atoms with Crippen molar-refractivity contribution in [3.8, 4) is 0 Å². The van der Waals surface area contributed by atoms with Crippen LogP contribution in [0.2, 0.25) is 0 Å². The highest BCUT2D eigenvalue weighted by Crippen LogP contribution is 2.25. The predicted molar refractivity (Wildman–Crippen MR) is 63.0 cm³/mol. The van der Waals surface area contributed by atoms with Crippen LogP contribution < -0.4 is 5.73 Å². The van der Waals surface area contributed by atoms with E-state index < -0.39 is 18.1 Å². The molecule has 92 valence electrons. The Hall–Kier alpha value is -0.750. The van der Waals surface area contributed by atoms with E-state index >= 15 is 0 Å². The molecule has 0 unspecified atom stereocenters. The highest BCUT2D eigenvalue weighted by atomic mass is 32.2. The minimum atomic E-state index is -0.959. The van der Waals surface area contributed by atoms with Gasteiger partial charge in [-0.15, -0.1) is 11.8 Å². The maximum atomic E-state index is 12.0. The third-order valence-corrected chi connectivity index (χ3v) is 3.66. The number of amides is 1. The zero-order valence-corrected chi connectivity index (χ0v) is 10.6. The van der Waals surface area contributed by atoms with Crippen molar-refractivity contribution >= 4 is 23.6 Å². The van der Waals surface area contributed by atoms with E-state index in [2.05, 4.69) is 0 Å². The van der Waals surface area contributed by atoms with Gasteiger partial charge in [-0.25, -0.2) is 4.79 Å². The van der Waals surface area contributed by atoms with Crippen LogP contribution in [-0.4, -0.2) is 45.6 Å². The van der Waals surface area contributed by atoms with Crippen LogP contribution in [0.4, 0.5) is 0 Å². The molecule has 1 aliphatic rings. The van der Waals surface area contributed by atoms with Crippen molar-refractivity contribution in [1.29, 1.82) is 0 Å². The quantitative estimate of drug-likeness (QED) is 0.734.